The van der Waals surface area contributed by atoms with Gasteiger partial charge in [-0.25, -0.2) is 0 Å². The number of hydrogen-bond donors (Lipinski definition) is 0. The summed E-state index contributed by atoms with van der Waals surface area (Å²) in [6.45, 7) is 2.13. The van der Waals surface area contributed by atoms with Gasteiger partial charge in [0.05, 0.1) is 0 Å². The summed E-state index contributed by atoms with van der Waals surface area (Å²) in [7, 11) is 0. The van der Waals surface area contributed by atoms with Gasteiger partial charge < -0.3 is 0 Å². The third-order valence-electron chi connectivity index (χ3n) is 1.88. The second-order valence-corrected chi connectivity index (χ2v) is 3.79. The maximum Gasteiger partial charge on any atom is 0.00286 e. The van der Waals surface area contributed by atoms with Crippen molar-refractivity contribution < 1.29 is 0 Å². The number of allylic oxidation sites excluding steroid dienone is 1. The Morgan fingerprint density at radius 3 is 2.62 bits per heavy atom. The normalized spacial score (nSPS) is 11.8. The fourth-order valence-corrected chi connectivity index (χ4v) is 1.20. The van der Waals surface area contributed by atoms with Crippen LogP contribution in [0.4, 0.5) is 0 Å². The molecule has 1 aromatic carbocycles. The summed E-state index contributed by atoms with van der Waals surface area (Å²) < 4.78 is 0. The Hall–Kier alpha value is -0.560. The first-order valence-corrected chi connectivity index (χ1v) is 5.81. The molecule has 2 rings (SSSR count). The molecule has 1 heteroatoms. The number of fused-ring (bicyclic) bond motifs is 1. The highest BCUT2D eigenvalue weighted by atomic mass is 79.9. The smallest absolute Gasteiger partial charge is 0.00286 e. The van der Waals surface area contributed by atoms with Crippen molar-refractivity contribution in [2.45, 2.75) is 19.8 Å². The van der Waals surface area contributed by atoms with Crippen molar-refractivity contribution in [1.29, 1.82) is 0 Å². The van der Waals surface area contributed by atoms with Crippen molar-refractivity contribution in [1.82, 2.24) is 0 Å². The fourth-order valence-electron chi connectivity index (χ4n) is 1.20. The summed E-state index contributed by atoms with van der Waals surface area (Å²) in [6.07, 6.45) is 6.73. The van der Waals surface area contributed by atoms with Gasteiger partial charge in [-0.3, -0.25) is 0 Å². The molecular weight excluding hydrogens is 224 g/mol. The molecule has 0 amide bonds. The lowest BCUT2D eigenvalue weighted by Crippen LogP contribution is -1.76. The van der Waals surface area contributed by atoms with E-state index >= 15 is 0 Å². The van der Waals surface area contributed by atoms with E-state index in [0.717, 1.165) is 11.8 Å². The maximum atomic E-state index is 3.25. The van der Waals surface area contributed by atoms with Gasteiger partial charge in [0.25, 0.3) is 0 Å². The van der Waals surface area contributed by atoms with Gasteiger partial charge in [0.15, 0.2) is 0 Å². The molecule has 0 N–H and O–H groups in total. The Morgan fingerprint density at radius 1 is 1.31 bits per heavy atom. The standard InChI is InChI=1S/C9H8.C3H7Br/c1-2-5-9-7-3-6-8(9)4-1;1-2-3-4/h1-6H,7H2;2-3H2,1H3. The van der Waals surface area contributed by atoms with Gasteiger partial charge in [0.1, 0.15) is 0 Å². The summed E-state index contributed by atoms with van der Waals surface area (Å²) >= 11 is 3.25. The molecule has 0 heterocycles. The third kappa shape index (κ3) is 3.35. The summed E-state index contributed by atoms with van der Waals surface area (Å²) in [4.78, 5) is 0. The van der Waals surface area contributed by atoms with Gasteiger partial charge in [-0.05, 0) is 24.0 Å². The molecule has 0 saturated carbocycles. The van der Waals surface area contributed by atoms with Crippen LogP contribution in [-0.4, -0.2) is 5.33 Å². The summed E-state index contributed by atoms with van der Waals surface area (Å²) in [5.41, 5.74) is 2.84. The van der Waals surface area contributed by atoms with Crippen LogP contribution in [0.3, 0.4) is 0 Å². The largest absolute Gasteiger partial charge is 0.0928 e. The molecular formula is C12H15Br. The van der Waals surface area contributed by atoms with Crippen molar-refractivity contribution in [3.05, 3.63) is 41.5 Å². The number of hydrogen-bond acceptors (Lipinski definition) is 0. The highest BCUT2D eigenvalue weighted by Crippen LogP contribution is 2.17. The van der Waals surface area contributed by atoms with Gasteiger partial charge in [-0.1, -0.05) is 59.3 Å². The molecule has 0 spiro atoms. The van der Waals surface area contributed by atoms with Crippen LogP contribution in [0.2, 0.25) is 0 Å². The molecule has 0 aliphatic heterocycles. The Morgan fingerprint density at radius 2 is 2.00 bits per heavy atom. The molecule has 0 atom stereocenters. The topological polar surface area (TPSA) is 0 Å². The minimum Gasteiger partial charge on any atom is -0.0928 e. The zero-order valence-corrected chi connectivity index (χ0v) is 9.55. The van der Waals surface area contributed by atoms with E-state index in [9.17, 15) is 0 Å². The minimum atomic E-state index is 1.12. The summed E-state index contributed by atoms with van der Waals surface area (Å²) in [5.74, 6) is 0. The lowest BCUT2D eigenvalue weighted by molar-refractivity contribution is 1.12. The van der Waals surface area contributed by atoms with Gasteiger partial charge >= 0.3 is 0 Å². The van der Waals surface area contributed by atoms with Crippen LogP contribution in [0, 0.1) is 0 Å². The highest BCUT2D eigenvalue weighted by molar-refractivity contribution is 9.09. The average molecular weight is 239 g/mol. The average Bonchev–Trinajstić information content (AvgIpc) is 2.66. The number of alkyl halides is 1. The lowest BCUT2D eigenvalue weighted by Gasteiger charge is -1.93. The first-order chi connectivity index (χ1) is 6.38. The predicted octanol–water partition coefficient (Wildman–Crippen LogP) is 4.05. The molecule has 0 radical (unpaired) electrons. The first kappa shape index (κ1) is 10.5. The van der Waals surface area contributed by atoms with Crippen LogP contribution >= 0.6 is 15.9 Å². The monoisotopic (exact) mass is 238 g/mol. The minimum absolute atomic E-state index is 1.12. The molecule has 0 fully saturated rings. The zero-order chi connectivity index (χ0) is 9.52. The number of halogens is 1. The number of rotatable bonds is 1. The van der Waals surface area contributed by atoms with Crippen molar-refractivity contribution in [3.8, 4) is 0 Å². The second kappa shape index (κ2) is 5.98. The summed E-state index contributed by atoms with van der Waals surface area (Å²) in [6, 6.07) is 8.49. The molecule has 70 valence electrons. The maximum absolute atomic E-state index is 3.25. The zero-order valence-electron chi connectivity index (χ0n) is 7.96. The van der Waals surface area contributed by atoms with Gasteiger partial charge in [-0.15, -0.1) is 0 Å². The van der Waals surface area contributed by atoms with E-state index in [1.54, 1.807) is 0 Å². The Kier molecular flexibility index (Phi) is 4.84. The van der Waals surface area contributed by atoms with Crippen LogP contribution in [0.5, 0.6) is 0 Å². The molecule has 1 aromatic rings. The van der Waals surface area contributed by atoms with Crippen LogP contribution in [0.15, 0.2) is 30.3 Å². The Labute approximate surface area is 88.8 Å². The van der Waals surface area contributed by atoms with Crippen molar-refractivity contribution in [2.75, 3.05) is 5.33 Å². The van der Waals surface area contributed by atoms with Gasteiger partial charge in [-0.2, -0.15) is 0 Å². The van der Waals surface area contributed by atoms with Crippen LogP contribution in [0.25, 0.3) is 6.08 Å². The Balaban J connectivity index is 0.000000184. The van der Waals surface area contributed by atoms with E-state index in [2.05, 4.69) is 59.3 Å². The quantitative estimate of drug-likeness (QED) is 0.648. The van der Waals surface area contributed by atoms with Gasteiger partial charge in [0.2, 0.25) is 0 Å². The highest BCUT2D eigenvalue weighted by Gasteiger charge is 2.00. The summed E-state index contributed by atoms with van der Waals surface area (Å²) in [5, 5.41) is 1.13. The first-order valence-electron chi connectivity index (χ1n) is 4.69. The molecule has 13 heavy (non-hydrogen) atoms. The van der Waals surface area contributed by atoms with E-state index in [1.165, 1.54) is 17.5 Å². The van der Waals surface area contributed by atoms with E-state index in [4.69, 9.17) is 0 Å². The molecule has 0 nitrogen and oxygen atoms in total. The third-order valence-corrected chi connectivity index (χ3v) is 2.67. The van der Waals surface area contributed by atoms with Crippen LogP contribution < -0.4 is 0 Å². The van der Waals surface area contributed by atoms with Gasteiger partial charge in [0, 0.05) is 5.33 Å². The number of benzene rings is 1. The van der Waals surface area contributed by atoms with Crippen LogP contribution in [-0.2, 0) is 6.42 Å². The van der Waals surface area contributed by atoms with Crippen molar-refractivity contribution in [2.24, 2.45) is 0 Å². The van der Waals surface area contributed by atoms with E-state index in [-0.39, 0.29) is 0 Å². The predicted molar refractivity (Wildman–Crippen MR) is 63.3 cm³/mol. The van der Waals surface area contributed by atoms with Crippen molar-refractivity contribution in [3.63, 3.8) is 0 Å². The second-order valence-electron chi connectivity index (χ2n) is 2.99. The fraction of sp³-hybridized carbons (Fsp3) is 0.333. The molecule has 0 unspecified atom stereocenters. The molecule has 0 aromatic heterocycles. The molecule has 1 aliphatic carbocycles. The SMILES string of the molecule is C1=Cc2ccccc2C1.CCCBr. The Bertz CT molecular complexity index is 274. The molecule has 1 aliphatic rings. The molecule has 0 saturated heterocycles. The van der Waals surface area contributed by atoms with E-state index in [0.29, 0.717) is 0 Å². The van der Waals surface area contributed by atoms with Crippen molar-refractivity contribution >= 4 is 22.0 Å². The van der Waals surface area contributed by atoms with E-state index in [1.807, 2.05) is 0 Å². The van der Waals surface area contributed by atoms with E-state index < -0.39 is 0 Å². The van der Waals surface area contributed by atoms with Crippen LogP contribution in [0.1, 0.15) is 24.5 Å². The molecule has 0 bridgehead atoms. The lowest BCUT2D eigenvalue weighted by atomic mass is 10.1.